The number of rotatable bonds is 3. The van der Waals surface area contributed by atoms with Crippen LogP contribution in [0.15, 0.2) is 5.10 Å². The highest BCUT2D eigenvalue weighted by molar-refractivity contribution is 5.84. The van der Waals surface area contributed by atoms with Gasteiger partial charge in [0.2, 0.25) is 0 Å². The molecule has 0 unspecified atom stereocenters. The molecule has 1 saturated carbocycles. The van der Waals surface area contributed by atoms with Crippen LogP contribution in [0.25, 0.3) is 0 Å². The topological polar surface area (TPSA) is 18.8 Å². The quantitative estimate of drug-likeness (QED) is 0.525. The summed E-state index contributed by atoms with van der Waals surface area (Å²) in [5, 5.41) is 6.42. The number of nitrogens with zero attached hydrogens (tertiary/aromatic N) is 3. The molecule has 1 fully saturated rings. The molecule has 0 amide bonds. The maximum absolute atomic E-state index is 4.51. The molecule has 0 aliphatic heterocycles. The maximum atomic E-state index is 4.51. The van der Waals surface area contributed by atoms with Crippen molar-refractivity contribution in [1.29, 1.82) is 0 Å². The maximum Gasteiger partial charge on any atom is 0.0380 e. The zero-order valence-electron chi connectivity index (χ0n) is 10.8. The van der Waals surface area contributed by atoms with Gasteiger partial charge in [-0.3, -0.25) is 0 Å². The molecule has 0 bridgehead atoms. The first-order valence-corrected chi connectivity index (χ1v) is 5.89. The Balaban J connectivity index is 2.43. The zero-order chi connectivity index (χ0) is 11.4. The molecule has 0 aromatic heterocycles. The lowest BCUT2D eigenvalue weighted by molar-refractivity contribution is 0.213. The Morgan fingerprint density at radius 1 is 1.00 bits per heavy atom. The highest BCUT2D eigenvalue weighted by Gasteiger charge is 2.24. The molecule has 0 radical (unpaired) electrons. The van der Waals surface area contributed by atoms with Crippen molar-refractivity contribution in [3.63, 3.8) is 0 Å². The summed E-state index contributed by atoms with van der Waals surface area (Å²) in [6, 6.07) is 0.786. The van der Waals surface area contributed by atoms with Crippen molar-refractivity contribution in [2.24, 2.45) is 11.0 Å². The third-order valence-corrected chi connectivity index (χ3v) is 3.38. The first-order valence-electron chi connectivity index (χ1n) is 5.89. The lowest BCUT2D eigenvalue weighted by Gasteiger charge is -2.32. The van der Waals surface area contributed by atoms with Crippen molar-refractivity contribution in [3.8, 4) is 0 Å². The summed E-state index contributed by atoms with van der Waals surface area (Å²) in [6.45, 7) is 2.17. The second-order valence-corrected chi connectivity index (χ2v) is 5.06. The molecule has 0 heterocycles. The van der Waals surface area contributed by atoms with Crippen LogP contribution in [0.2, 0.25) is 0 Å². The van der Waals surface area contributed by atoms with E-state index in [1.807, 2.05) is 19.1 Å². The standard InChI is InChI=1S/C12H25N3/c1-10(13-15(4)5)11-6-8-12(9-7-11)14(2)3/h11-12H,6-9H2,1-5H3. The molecule has 0 spiro atoms. The average molecular weight is 211 g/mol. The smallest absolute Gasteiger partial charge is 0.0380 e. The van der Waals surface area contributed by atoms with E-state index in [0.717, 1.165) is 6.04 Å². The summed E-state index contributed by atoms with van der Waals surface area (Å²) in [5.41, 5.74) is 1.30. The summed E-state index contributed by atoms with van der Waals surface area (Å²) in [4.78, 5) is 2.36. The molecule has 0 N–H and O–H groups in total. The van der Waals surface area contributed by atoms with Crippen LogP contribution in [-0.4, -0.2) is 49.9 Å². The van der Waals surface area contributed by atoms with Crippen molar-refractivity contribution in [1.82, 2.24) is 9.91 Å². The molecule has 15 heavy (non-hydrogen) atoms. The van der Waals surface area contributed by atoms with Gasteiger partial charge in [0.25, 0.3) is 0 Å². The Labute approximate surface area is 94.1 Å². The van der Waals surface area contributed by atoms with Gasteiger partial charge >= 0.3 is 0 Å². The fraction of sp³-hybridized carbons (Fsp3) is 0.917. The van der Waals surface area contributed by atoms with Crippen molar-refractivity contribution in [3.05, 3.63) is 0 Å². The van der Waals surface area contributed by atoms with Gasteiger partial charge < -0.3 is 9.91 Å². The van der Waals surface area contributed by atoms with E-state index < -0.39 is 0 Å². The molecule has 1 rings (SSSR count). The summed E-state index contributed by atoms with van der Waals surface area (Å²) >= 11 is 0. The number of hydrazone groups is 1. The molecule has 0 aromatic rings. The van der Waals surface area contributed by atoms with Crippen LogP contribution in [0.3, 0.4) is 0 Å². The minimum atomic E-state index is 0.712. The van der Waals surface area contributed by atoms with Gasteiger partial charge in [0.15, 0.2) is 0 Å². The molecular weight excluding hydrogens is 186 g/mol. The predicted molar refractivity (Wildman–Crippen MR) is 66.2 cm³/mol. The van der Waals surface area contributed by atoms with Gasteiger partial charge in [-0.1, -0.05) is 0 Å². The molecule has 3 nitrogen and oxygen atoms in total. The molecule has 0 aromatic carbocycles. The van der Waals surface area contributed by atoms with Crippen LogP contribution in [0.5, 0.6) is 0 Å². The fourth-order valence-corrected chi connectivity index (χ4v) is 2.41. The van der Waals surface area contributed by atoms with Gasteiger partial charge in [0.1, 0.15) is 0 Å². The minimum absolute atomic E-state index is 0.712. The highest BCUT2D eigenvalue weighted by Crippen LogP contribution is 2.27. The Kier molecular flexibility index (Phi) is 4.58. The van der Waals surface area contributed by atoms with E-state index in [-0.39, 0.29) is 0 Å². The third kappa shape index (κ3) is 3.82. The van der Waals surface area contributed by atoms with Crippen LogP contribution in [0.4, 0.5) is 0 Å². The Bertz CT molecular complexity index is 213. The lowest BCUT2D eigenvalue weighted by atomic mass is 9.83. The first-order chi connectivity index (χ1) is 7.00. The molecule has 0 saturated heterocycles. The van der Waals surface area contributed by atoms with Gasteiger partial charge in [-0.2, -0.15) is 5.10 Å². The third-order valence-electron chi connectivity index (χ3n) is 3.38. The van der Waals surface area contributed by atoms with Crippen LogP contribution in [0, 0.1) is 5.92 Å². The van der Waals surface area contributed by atoms with Gasteiger partial charge in [-0.15, -0.1) is 0 Å². The molecule has 3 heteroatoms. The summed E-state index contributed by atoms with van der Waals surface area (Å²) < 4.78 is 0. The van der Waals surface area contributed by atoms with E-state index >= 15 is 0 Å². The predicted octanol–water partition coefficient (Wildman–Crippen LogP) is 2.04. The van der Waals surface area contributed by atoms with E-state index in [0.29, 0.717) is 5.92 Å². The SMILES string of the molecule is CC(=NN(C)C)C1CCC(N(C)C)CC1. The van der Waals surface area contributed by atoms with Crippen molar-refractivity contribution >= 4 is 5.71 Å². The highest BCUT2D eigenvalue weighted by atomic mass is 15.4. The fourth-order valence-electron chi connectivity index (χ4n) is 2.41. The second-order valence-electron chi connectivity index (χ2n) is 5.06. The van der Waals surface area contributed by atoms with Crippen LogP contribution in [0.1, 0.15) is 32.6 Å². The molecule has 1 aliphatic carbocycles. The normalized spacial score (nSPS) is 28.3. The lowest BCUT2D eigenvalue weighted by Crippen LogP contribution is -2.33. The zero-order valence-corrected chi connectivity index (χ0v) is 10.8. The van der Waals surface area contributed by atoms with Gasteiger partial charge in [-0.05, 0) is 52.6 Å². The van der Waals surface area contributed by atoms with E-state index in [4.69, 9.17) is 0 Å². The monoisotopic (exact) mass is 211 g/mol. The van der Waals surface area contributed by atoms with Crippen LogP contribution >= 0.6 is 0 Å². The molecule has 88 valence electrons. The van der Waals surface area contributed by atoms with Crippen LogP contribution in [-0.2, 0) is 0 Å². The van der Waals surface area contributed by atoms with Gasteiger partial charge in [-0.25, -0.2) is 0 Å². The summed E-state index contributed by atoms with van der Waals surface area (Å²) in [7, 11) is 8.36. The second kappa shape index (κ2) is 5.50. The summed E-state index contributed by atoms with van der Waals surface area (Å²) in [6.07, 6.45) is 5.23. The Hall–Kier alpha value is -0.570. The van der Waals surface area contributed by atoms with Crippen molar-refractivity contribution in [2.45, 2.75) is 38.6 Å². The summed E-state index contributed by atoms with van der Waals surface area (Å²) in [5.74, 6) is 0.712. The Morgan fingerprint density at radius 3 is 1.93 bits per heavy atom. The number of hydrogen-bond acceptors (Lipinski definition) is 3. The van der Waals surface area contributed by atoms with Crippen LogP contribution < -0.4 is 0 Å². The van der Waals surface area contributed by atoms with Crippen molar-refractivity contribution in [2.75, 3.05) is 28.2 Å². The Morgan fingerprint density at radius 2 is 1.53 bits per heavy atom. The van der Waals surface area contributed by atoms with Gasteiger partial charge in [0.05, 0.1) is 0 Å². The van der Waals surface area contributed by atoms with E-state index in [2.05, 4.69) is 31.0 Å². The first kappa shape index (κ1) is 12.5. The molecule has 0 atom stereocenters. The largest absolute Gasteiger partial charge is 0.306 e. The van der Waals surface area contributed by atoms with E-state index in [1.54, 1.807) is 0 Å². The average Bonchev–Trinajstić information content (AvgIpc) is 2.17. The van der Waals surface area contributed by atoms with Gasteiger partial charge in [0, 0.05) is 25.8 Å². The van der Waals surface area contributed by atoms with Crippen molar-refractivity contribution < 1.29 is 0 Å². The molecular formula is C12H25N3. The molecule has 1 aliphatic rings. The van der Waals surface area contributed by atoms with E-state index in [1.165, 1.54) is 31.4 Å². The van der Waals surface area contributed by atoms with E-state index in [9.17, 15) is 0 Å². The number of hydrogen-bond donors (Lipinski definition) is 0. The minimum Gasteiger partial charge on any atom is -0.306 e.